The maximum atomic E-state index is 12.2. The highest BCUT2D eigenvalue weighted by Gasteiger charge is 2.21. The molecule has 0 aliphatic carbocycles. The fraction of sp³-hybridized carbons (Fsp3) is 0.300. The molecule has 0 bridgehead atoms. The molecule has 0 radical (unpaired) electrons. The van der Waals surface area contributed by atoms with Gasteiger partial charge in [0.2, 0.25) is 0 Å². The van der Waals surface area contributed by atoms with Gasteiger partial charge in [0.15, 0.2) is 6.61 Å². The predicted octanol–water partition coefficient (Wildman–Crippen LogP) is 3.60. The van der Waals surface area contributed by atoms with Gasteiger partial charge in [-0.25, -0.2) is 0 Å². The first-order valence-electron chi connectivity index (χ1n) is 8.17. The molecule has 2 atom stereocenters. The van der Waals surface area contributed by atoms with E-state index in [1.54, 1.807) is 0 Å². The Kier molecular flexibility index (Phi) is 6.55. The number of amides is 1. The summed E-state index contributed by atoms with van der Waals surface area (Å²) in [6, 6.07) is 19.0. The quantitative estimate of drug-likeness (QED) is 0.791. The molecule has 0 saturated carbocycles. The lowest BCUT2D eigenvalue weighted by Crippen LogP contribution is -2.32. The van der Waals surface area contributed by atoms with Gasteiger partial charge in [-0.15, -0.1) is 0 Å². The van der Waals surface area contributed by atoms with Gasteiger partial charge in [-0.1, -0.05) is 67.6 Å². The summed E-state index contributed by atoms with van der Waals surface area (Å²) in [6.07, 6.45) is 0.630. The second kappa shape index (κ2) is 8.87. The summed E-state index contributed by atoms with van der Waals surface area (Å²) in [7, 11) is 0. The Morgan fingerprint density at radius 1 is 0.958 bits per heavy atom. The molecule has 0 heterocycles. The van der Waals surface area contributed by atoms with E-state index in [9.17, 15) is 9.59 Å². The van der Waals surface area contributed by atoms with Crippen LogP contribution in [0, 0.1) is 0 Å². The molecule has 0 unspecified atom stereocenters. The fourth-order valence-corrected chi connectivity index (χ4v) is 2.57. The summed E-state index contributed by atoms with van der Waals surface area (Å²) in [5.41, 5.74) is 1.91. The number of hydrogen-bond donors (Lipinski definition) is 1. The minimum Gasteiger partial charge on any atom is -0.455 e. The molecule has 24 heavy (non-hydrogen) atoms. The van der Waals surface area contributed by atoms with Gasteiger partial charge < -0.3 is 10.1 Å². The number of esters is 1. The smallest absolute Gasteiger partial charge is 0.313 e. The van der Waals surface area contributed by atoms with E-state index in [4.69, 9.17) is 4.74 Å². The highest BCUT2D eigenvalue weighted by molar-refractivity contribution is 5.83. The van der Waals surface area contributed by atoms with Crippen molar-refractivity contribution in [3.8, 4) is 0 Å². The van der Waals surface area contributed by atoms with Gasteiger partial charge in [0.1, 0.15) is 0 Å². The molecule has 4 heteroatoms. The zero-order valence-electron chi connectivity index (χ0n) is 14.1. The maximum Gasteiger partial charge on any atom is 0.313 e. The van der Waals surface area contributed by atoms with E-state index in [0.29, 0.717) is 6.42 Å². The van der Waals surface area contributed by atoms with Crippen molar-refractivity contribution >= 4 is 11.9 Å². The summed E-state index contributed by atoms with van der Waals surface area (Å²) >= 11 is 0. The molecule has 0 spiro atoms. The fourth-order valence-electron chi connectivity index (χ4n) is 2.57. The summed E-state index contributed by atoms with van der Waals surface area (Å²) in [5, 5.41) is 2.83. The summed E-state index contributed by atoms with van der Waals surface area (Å²) in [6.45, 7) is 3.56. The van der Waals surface area contributed by atoms with Crippen molar-refractivity contribution in [2.24, 2.45) is 0 Å². The zero-order chi connectivity index (χ0) is 17.4. The SMILES string of the molecule is CC[C@H](C(=O)OCC(=O)N[C@H](C)c1ccccc1)c1ccccc1. The third-order valence-corrected chi connectivity index (χ3v) is 3.92. The number of carbonyl (C=O) groups excluding carboxylic acids is 2. The second-order valence-electron chi connectivity index (χ2n) is 5.68. The van der Waals surface area contributed by atoms with Crippen molar-refractivity contribution in [2.45, 2.75) is 32.2 Å². The Hall–Kier alpha value is -2.62. The van der Waals surface area contributed by atoms with Crippen LogP contribution in [0.2, 0.25) is 0 Å². The van der Waals surface area contributed by atoms with Gasteiger partial charge in [0, 0.05) is 0 Å². The summed E-state index contributed by atoms with van der Waals surface area (Å²) in [5.74, 6) is -1.01. The van der Waals surface area contributed by atoms with E-state index in [2.05, 4.69) is 5.32 Å². The third-order valence-electron chi connectivity index (χ3n) is 3.92. The second-order valence-corrected chi connectivity index (χ2v) is 5.68. The number of rotatable bonds is 7. The molecule has 1 N–H and O–H groups in total. The van der Waals surface area contributed by atoms with Crippen LogP contribution in [-0.2, 0) is 14.3 Å². The number of benzene rings is 2. The van der Waals surface area contributed by atoms with E-state index in [0.717, 1.165) is 11.1 Å². The van der Waals surface area contributed by atoms with Crippen molar-refractivity contribution in [1.82, 2.24) is 5.32 Å². The van der Waals surface area contributed by atoms with Crippen molar-refractivity contribution in [3.63, 3.8) is 0 Å². The van der Waals surface area contributed by atoms with E-state index in [1.165, 1.54) is 0 Å². The van der Waals surface area contributed by atoms with Crippen LogP contribution in [-0.4, -0.2) is 18.5 Å². The molecular weight excluding hydrogens is 302 g/mol. The monoisotopic (exact) mass is 325 g/mol. The Morgan fingerprint density at radius 2 is 1.50 bits per heavy atom. The maximum absolute atomic E-state index is 12.2. The van der Waals surface area contributed by atoms with Gasteiger partial charge in [0.05, 0.1) is 12.0 Å². The molecule has 2 aromatic rings. The van der Waals surface area contributed by atoms with Crippen molar-refractivity contribution < 1.29 is 14.3 Å². The molecule has 0 saturated heterocycles. The number of nitrogens with one attached hydrogen (secondary N) is 1. The Bertz CT molecular complexity index is 655. The average Bonchev–Trinajstić information content (AvgIpc) is 2.62. The molecule has 1 amide bonds. The van der Waals surface area contributed by atoms with E-state index in [1.807, 2.05) is 74.5 Å². The molecular formula is C20H23NO3. The van der Waals surface area contributed by atoms with Crippen LogP contribution in [0.15, 0.2) is 60.7 Å². The van der Waals surface area contributed by atoms with Gasteiger partial charge in [0.25, 0.3) is 5.91 Å². The average molecular weight is 325 g/mol. The lowest BCUT2D eigenvalue weighted by molar-refractivity contribution is -0.150. The number of ether oxygens (including phenoxy) is 1. The van der Waals surface area contributed by atoms with Crippen LogP contribution in [0.5, 0.6) is 0 Å². The Balaban J connectivity index is 1.85. The minimum absolute atomic E-state index is 0.131. The number of carbonyl (C=O) groups is 2. The van der Waals surface area contributed by atoms with Crippen LogP contribution < -0.4 is 5.32 Å². The van der Waals surface area contributed by atoms with E-state index in [-0.39, 0.29) is 30.4 Å². The van der Waals surface area contributed by atoms with Crippen LogP contribution in [0.3, 0.4) is 0 Å². The highest BCUT2D eigenvalue weighted by atomic mass is 16.5. The minimum atomic E-state index is -0.369. The van der Waals surface area contributed by atoms with E-state index < -0.39 is 0 Å². The number of hydrogen-bond acceptors (Lipinski definition) is 3. The normalized spacial score (nSPS) is 12.9. The van der Waals surface area contributed by atoms with Gasteiger partial charge in [-0.3, -0.25) is 9.59 Å². The molecule has 0 aromatic heterocycles. The first kappa shape index (κ1) is 17.7. The topological polar surface area (TPSA) is 55.4 Å². The molecule has 0 aliphatic rings. The standard InChI is InChI=1S/C20H23NO3/c1-3-18(17-12-8-5-9-13-17)20(23)24-14-19(22)21-15(2)16-10-6-4-7-11-16/h4-13,15,18H,3,14H2,1-2H3,(H,21,22)/t15-,18+/m1/s1. The Labute approximate surface area is 142 Å². The lowest BCUT2D eigenvalue weighted by atomic mass is 9.97. The van der Waals surface area contributed by atoms with Crippen molar-refractivity contribution in [3.05, 3.63) is 71.8 Å². The first-order chi connectivity index (χ1) is 11.6. The van der Waals surface area contributed by atoms with E-state index >= 15 is 0 Å². The largest absolute Gasteiger partial charge is 0.455 e. The Morgan fingerprint density at radius 3 is 2.04 bits per heavy atom. The molecule has 0 aliphatic heterocycles. The van der Waals surface area contributed by atoms with Crippen LogP contribution in [0.1, 0.15) is 43.4 Å². The molecule has 4 nitrogen and oxygen atoms in total. The van der Waals surface area contributed by atoms with Gasteiger partial charge >= 0.3 is 5.97 Å². The van der Waals surface area contributed by atoms with Crippen molar-refractivity contribution in [2.75, 3.05) is 6.61 Å². The highest BCUT2D eigenvalue weighted by Crippen LogP contribution is 2.20. The van der Waals surface area contributed by atoms with Gasteiger partial charge in [-0.05, 0) is 24.5 Å². The van der Waals surface area contributed by atoms with Crippen molar-refractivity contribution in [1.29, 1.82) is 0 Å². The van der Waals surface area contributed by atoms with Crippen LogP contribution >= 0.6 is 0 Å². The molecule has 2 aromatic carbocycles. The third kappa shape index (κ3) is 4.95. The predicted molar refractivity (Wildman–Crippen MR) is 93.4 cm³/mol. The summed E-state index contributed by atoms with van der Waals surface area (Å²) < 4.78 is 5.20. The molecule has 126 valence electrons. The molecule has 2 rings (SSSR count). The first-order valence-corrected chi connectivity index (χ1v) is 8.17. The lowest BCUT2D eigenvalue weighted by Gasteiger charge is -2.16. The van der Waals surface area contributed by atoms with Crippen LogP contribution in [0.25, 0.3) is 0 Å². The summed E-state index contributed by atoms with van der Waals surface area (Å²) in [4.78, 5) is 24.2. The molecule has 0 fully saturated rings. The zero-order valence-corrected chi connectivity index (χ0v) is 14.1. The van der Waals surface area contributed by atoms with Crippen LogP contribution in [0.4, 0.5) is 0 Å². The van der Waals surface area contributed by atoms with Gasteiger partial charge in [-0.2, -0.15) is 0 Å².